The standard InChI is InChI=1S/C18H17F4NO4/c1-8-14(13(25)7-24)16(15(9(2)23-8)17(26)27-3)10-4-5-12(19)11(6-10)18(20,21)22/h4-6,16,23-24H,7H2,1-3H3. The first-order valence-corrected chi connectivity index (χ1v) is 7.80. The van der Waals surface area contributed by atoms with E-state index in [9.17, 15) is 32.3 Å². The second-order valence-corrected chi connectivity index (χ2v) is 5.95. The molecule has 0 aliphatic carbocycles. The normalized spacial score (nSPS) is 17.7. The molecule has 0 spiro atoms. The predicted molar refractivity (Wildman–Crippen MR) is 86.8 cm³/mol. The minimum absolute atomic E-state index is 0.0942. The van der Waals surface area contributed by atoms with E-state index in [0.717, 1.165) is 13.2 Å². The van der Waals surface area contributed by atoms with Gasteiger partial charge in [0.2, 0.25) is 0 Å². The van der Waals surface area contributed by atoms with Crippen molar-refractivity contribution in [3.8, 4) is 0 Å². The molecule has 1 aliphatic rings. The molecule has 27 heavy (non-hydrogen) atoms. The van der Waals surface area contributed by atoms with Gasteiger partial charge in [-0.1, -0.05) is 6.07 Å². The predicted octanol–water partition coefficient (Wildman–Crippen LogP) is 2.81. The number of aliphatic hydroxyl groups is 1. The molecule has 1 atom stereocenters. The van der Waals surface area contributed by atoms with E-state index < -0.39 is 41.8 Å². The van der Waals surface area contributed by atoms with Crippen LogP contribution >= 0.6 is 0 Å². The van der Waals surface area contributed by atoms with E-state index >= 15 is 0 Å². The van der Waals surface area contributed by atoms with Crippen molar-refractivity contribution < 1.29 is 37.0 Å². The van der Waals surface area contributed by atoms with Gasteiger partial charge in [-0.05, 0) is 31.5 Å². The van der Waals surface area contributed by atoms with Crippen molar-refractivity contribution in [1.29, 1.82) is 0 Å². The van der Waals surface area contributed by atoms with Crippen LogP contribution in [0.2, 0.25) is 0 Å². The SMILES string of the molecule is COC(=O)C1=C(C)NC(C)=C(C(=O)CO)C1c1ccc(F)c(C(F)(F)F)c1. The average Bonchev–Trinajstić information content (AvgIpc) is 2.59. The van der Waals surface area contributed by atoms with Gasteiger partial charge in [0.25, 0.3) is 0 Å². The lowest BCUT2D eigenvalue weighted by Crippen LogP contribution is -2.32. The van der Waals surface area contributed by atoms with Crippen molar-refractivity contribution in [1.82, 2.24) is 5.32 Å². The number of hydrogen-bond acceptors (Lipinski definition) is 5. The highest BCUT2D eigenvalue weighted by Gasteiger charge is 2.39. The van der Waals surface area contributed by atoms with Gasteiger partial charge in [-0.25, -0.2) is 9.18 Å². The Labute approximate surface area is 152 Å². The Kier molecular flexibility index (Phi) is 5.74. The van der Waals surface area contributed by atoms with Crippen molar-refractivity contribution in [3.63, 3.8) is 0 Å². The zero-order valence-corrected chi connectivity index (χ0v) is 14.7. The second kappa shape index (κ2) is 7.51. The van der Waals surface area contributed by atoms with Gasteiger partial charge in [0.1, 0.15) is 12.4 Å². The summed E-state index contributed by atoms with van der Waals surface area (Å²) in [6.45, 7) is 2.07. The van der Waals surface area contributed by atoms with Crippen molar-refractivity contribution in [2.45, 2.75) is 25.9 Å². The zero-order valence-electron chi connectivity index (χ0n) is 14.7. The quantitative estimate of drug-likeness (QED) is 0.614. The molecular formula is C18H17F4NO4. The van der Waals surface area contributed by atoms with Crippen molar-refractivity contribution in [2.24, 2.45) is 0 Å². The molecule has 9 heteroatoms. The van der Waals surface area contributed by atoms with Crippen LogP contribution < -0.4 is 5.32 Å². The number of carbonyl (C=O) groups excluding carboxylic acids is 2. The summed E-state index contributed by atoms with van der Waals surface area (Å²) in [5.74, 6) is -4.37. The number of hydrogen-bond donors (Lipinski definition) is 2. The number of halogens is 4. The highest BCUT2D eigenvalue weighted by Crippen LogP contribution is 2.41. The van der Waals surface area contributed by atoms with Crippen LogP contribution in [0.3, 0.4) is 0 Å². The lowest BCUT2D eigenvalue weighted by molar-refractivity contribution is -0.140. The molecule has 0 amide bonds. The Morgan fingerprint density at radius 1 is 1.19 bits per heavy atom. The second-order valence-electron chi connectivity index (χ2n) is 5.95. The molecule has 1 aromatic carbocycles. The summed E-state index contributed by atoms with van der Waals surface area (Å²) in [5.41, 5.74) is -1.29. The fourth-order valence-electron chi connectivity index (χ4n) is 3.10. The van der Waals surface area contributed by atoms with Gasteiger partial charge >= 0.3 is 12.1 Å². The maximum absolute atomic E-state index is 13.7. The highest BCUT2D eigenvalue weighted by atomic mass is 19.4. The van der Waals surface area contributed by atoms with E-state index in [1.165, 1.54) is 13.8 Å². The number of ether oxygens (including phenoxy) is 1. The van der Waals surface area contributed by atoms with Crippen LogP contribution in [-0.4, -0.2) is 30.6 Å². The van der Waals surface area contributed by atoms with Crippen LogP contribution in [-0.2, 0) is 20.5 Å². The van der Waals surface area contributed by atoms with Gasteiger partial charge in [0.15, 0.2) is 5.78 Å². The van der Waals surface area contributed by atoms with Crippen molar-refractivity contribution >= 4 is 11.8 Å². The number of allylic oxidation sites excluding steroid dienone is 2. The van der Waals surface area contributed by atoms with E-state index in [2.05, 4.69) is 5.32 Å². The summed E-state index contributed by atoms with van der Waals surface area (Å²) >= 11 is 0. The van der Waals surface area contributed by atoms with E-state index in [4.69, 9.17) is 4.74 Å². The van der Waals surface area contributed by atoms with Crippen LogP contribution in [0.25, 0.3) is 0 Å². The number of aliphatic hydroxyl groups excluding tert-OH is 1. The number of benzene rings is 1. The van der Waals surface area contributed by atoms with E-state index in [1.54, 1.807) is 0 Å². The number of alkyl halides is 3. The Bertz CT molecular complexity index is 817. The van der Waals surface area contributed by atoms with E-state index in [1.807, 2.05) is 0 Å². The molecule has 2 rings (SSSR count). The fraction of sp³-hybridized carbons (Fsp3) is 0.333. The van der Waals surface area contributed by atoms with Gasteiger partial charge < -0.3 is 15.2 Å². The molecule has 1 heterocycles. The molecule has 0 saturated heterocycles. The fourth-order valence-corrected chi connectivity index (χ4v) is 3.10. The number of dihydropyridines is 1. The molecule has 1 aromatic rings. The monoisotopic (exact) mass is 387 g/mol. The number of rotatable bonds is 4. The van der Waals surface area contributed by atoms with Crippen LogP contribution in [0.4, 0.5) is 17.6 Å². The van der Waals surface area contributed by atoms with Crippen LogP contribution in [0, 0.1) is 5.82 Å². The smallest absolute Gasteiger partial charge is 0.419 e. The molecule has 146 valence electrons. The Balaban J connectivity index is 2.78. The number of Topliss-reactive ketones (excluding diaryl/α,β-unsaturated/α-hetero) is 1. The summed E-state index contributed by atoms with van der Waals surface area (Å²) in [4.78, 5) is 24.5. The van der Waals surface area contributed by atoms with E-state index in [-0.39, 0.29) is 28.1 Å². The number of esters is 1. The van der Waals surface area contributed by atoms with E-state index in [0.29, 0.717) is 12.1 Å². The van der Waals surface area contributed by atoms with Gasteiger partial charge in [0.05, 0.1) is 18.2 Å². The third-order valence-electron chi connectivity index (χ3n) is 4.24. The summed E-state index contributed by atoms with van der Waals surface area (Å²) in [6, 6.07) is 2.25. The van der Waals surface area contributed by atoms with Crippen LogP contribution in [0.1, 0.15) is 30.9 Å². The van der Waals surface area contributed by atoms with Crippen molar-refractivity contribution in [2.75, 3.05) is 13.7 Å². The van der Waals surface area contributed by atoms with Gasteiger partial charge in [-0.2, -0.15) is 13.2 Å². The molecule has 1 aliphatic heterocycles. The first-order valence-electron chi connectivity index (χ1n) is 7.80. The highest BCUT2D eigenvalue weighted by molar-refractivity contribution is 6.03. The van der Waals surface area contributed by atoms with Gasteiger partial charge in [-0.3, -0.25) is 4.79 Å². The van der Waals surface area contributed by atoms with Crippen LogP contribution in [0.15, 0.2) is 40.7 Å². The van der Waals surface area contributed by atoms with Crippen LogP contribution in [0.5, 0.6) is 0 Å². The maximum atomic E-state index is 13.7. The Morgan fingerprint density at radius 2 is 1.78 bits per heavy atom. The Hall–Kier alpha value is -2.68. The maximum Gasteiger partial charge on any atom is 0.419 e. The minimum Gasteiger partial charge on any atom is -0.466 e. The molecule has 5 nitrogen and oxygen atoms in total. The molecule has 0 fully saturated rings. The Morgan fingerprint density at radius 3 is 2.30 bits per heavy atom. The molecule has 0 bridgehead atoms. The average molecular weight is 387 g/mol. The van der Waals surface area contributed by atoms with Gasteiger partial charge in [0, 0.05) is 22.9 Å². The topological polar surface area (TPSA) is 75.6 Å². The molecule has 0 aromatic heterocycles. The first-order chi connectivity index (χ1) is 12.5. The number of ketones is 1. The summed E-state index contributed by atoms with van der Waals surface area (Å²) < 4.78 is 57.7. The largest absolute Gasteiger partial charge is 0.466 e. The lowest BCUT2D eigenvalue weighted by Gasteiger charge is -2.30. The first kappa shape index (κ1) is 20.6. The molecule has 1 unspecified atom stereocenters. The molecule has 2 N–H and O–H groups in total. The summed E-state index contributed by atoms with van der Waals surface area (Å²) in [6.07, 6.45) is -4.96. The summed E-state index contributed by atoms with van der Waals surface area (Å²) in [7, 11) is 1.09. The lowest BCUT2D eigenvalue weighted by atomic mass is 9.78. The molecule has 0 saturated carbocycles. The third kappa shape index (κ3) is 3.87. The molecular weight excluding hydrogens is 370 g/mol. The number of methoxy groups -OCH3 is 1. The number of carbonyl (C=O) groups is 2. The number of nitrogens with one attached hydrogen (secondary N) is 1. The molecule has 0 radical (unpaired) electrons. The minimum atomic E-state index is -4.96. The zero-order chi connectivity index (χ0) is 20.5. The third-order valence-corrected chi connectivity index (χ3v) is 4.24. The summed E-state index contributed by atoms with van der Waals surface area (Å²) in [5, 5.41) is 12.1. The van der Waals surface area contributed by atoms with Gasteiger partial charge in [-0.15, -0.1) is 0 Å². The van der Waals surface area contributed by atoms with Crippen molar-refractivity contribution in [3.05, 3.63) is 57.7 Å².